The molecule has 6 nitrogen and oxygen atoms in total. The lowest BCUT2D eigenvalue weighted by molar-refractivity contribution is 0.483. The maximum atomic E-state index is 6.46. The lowest BCUT2D eigenvalue weighted by Gasteiger charge is -2.22. The van der Waals surface area contributed by atoms with Crippen molar-refractivity contribution in [1.29, 1.82) is 0 Å². The highest BCUT2D eigenvalue weighted by Crippen LogP contribution is 2.36. The molecule has 0 spiro atoms. The Labute approximate surface area is 261 Å². The predicted molar refractivity (Wildman–Crippen MR) is 183 cm³/mol. The standard InChI is InChI=1S/C39H33N5O/c1-24-20-26(39(3,4)5)21-25(2)36(24)34-17-19-43(42-34)27-10-8-11-28(22-27)45-29-15-16-30-31-12-9-18-40-37(31)44-35-14-7-6-13-33(35)41-38(44)32(30)23-29/h6-23H,1-5H3. The number of para-hydroxylation sites is 2. The summed E-state index contributed by atoms with van der Waals surface area (Å²) < 4.78 is 10.5. The molecule has 4 aromatic heterocycles. The first-order valence-electron chi connectivity index (χ1n) is 15.3. The molecule has 0 fully saturated rings. The summed E-state index contributed by atoms with van der Waals surface area (Å²) >= 11 is 0. The first-order chi connectivity index (χ1) is 21.7. The van der Waals surface area contributed by atoms with Gasteiger partial charge in [-0.3, -0.25) is 4.40 Å². The molecular weight excluding hydrogens is 554 g/mol. The summed E-state index contributed by atoms with van der Waals surface area (Å²) in [6.45, 7) is 11.1. The SMILES string of the molecule is Cc1cc(C(C)(C)C)cc(C)c1-c1ccn(-c2cccc(Oc3ccc4c5cccnc5n5c6ccccc6nc5c4c3)c2)n1. The van der Waals surface area contributed by atoms with E-state index >= 15 is 0 Å². The van der Waals surface area contributed by atoms with Gasteiger partial charge in [0, 0.05) is 34.8 Å². The fourth-order valence-electron chi connectivity index (χ4n) is 6.44. The van der Waals surface area contributed by atoms with E-state index in [0.717, 1.165) is 61.4 Å². The Morgan fingerprint density at radius 1 is 0.689 bits per heavy atom. The molecule has 0 bridgehead atoms. The van der Waals surface area contributed by atoms with Crippen LogP contribution in [0.2, 0.25) is 0 Å². The number of hydrogen-bond acceptors (Lipinski definition) is 4. The van der Waals surface area contributed by atoms with Crippen molar-refractivity contribution in [3.8, 4) is 28.4 Å². The van der Waals surface area contributed by atoms with Crippen molar-refractivity contribution in [2.45, 2.75) is 40.0 Å². The number of hydrogen-bond donors (Lipinski definition) is 0. The van der Waals surface area contributed by atoms with Crippen LogP contribution in [-0.4, -0.2) is 24.1 Å². The molecule has 0 saturated heterocycles. The monoisotopic (exact) mass is 587 g/mol. The fourth-order valence-corrected chi connectivity index (χ4v) is 6.44. The van der Waals surface area contributed by atoms with E-state index in [1.165, 1.54) is 22.3 Å². The van der Waals surface area contributed by atoms with Crippen molar-refractivity contribution in [1.82, 2.24) is 24.1 Å². The molecule has 45 heavy (non-hydrogen) atoms. The molecule has 0 N–H and O–H groups in total. The zero-order chi connectivity index (χ0) is 30.9. The second-order valence-electron chi connectivity index (χ2n) is 12.8. The topological polar surface area (TPSA) is 57.2 Å². The van der Waals surface area contributed by atoms with Crippen molar-refractivity contribution in [2.75, 3.05) is 0 Å². The maximum Gasteiger partial charge on any atom is 0.147 e. The van der Waals surface area contributed by atoms with E-state index in [2.05, 4.69) is 81.5 Å². The Kier molecular flexibility index (Phi) is 6.04. The molecule has 0 unspecified atom stereocenters. The van der Waals surface area contributed by atoms with Gasteiger partial charge in [0.25, 0.3) is 0 Å². The number of aryl methyl sites for hydroxylation is 2. The van der Waals surface area contributed by atoms with E-state index in [4.69, 9.17) is 19.8 Å². The first-order valence-corrected chi connectivity index (χ1v) is 15.3. The average Bonchev–Trinajstić information content (AvgIpc) is 3.67. The third-order valence-electron chi connectivity index (χ3n) is 8.64. The molecule has 0 amide bonds. The number of imidazole rings is 1. The van der Waals surface area contributed by atoms with Gasteiger partial charge in [0.15, 0.2) is 0 Å². The summed E-state index contributed by atoms with van der Waals surface area (Å²) in [6, 6.07) is 33.2. The number of rotatable bonds is 4. The van der Waals surface area contributed by atoms with Gasteiger partial charge in [0.2, 0.25) is 0 Å². The van der Waals surface area contributed by atoms with Gasteiger partial charge >= 0.3 is 0 Å². The lowest BCUT2D eigenvalue weighted by atomic mass is 9.83. The summed E-state index contributed by atoms with van der Waals surface area (Å²) in [4.78, 5) is 9.75. The minimum absolute atomic E-state index is 0.0997. The summed E-state index contributed by atoms with van der Waals surface area (Å²) in [5.74, 6) is 1.47. The van der Waals surface area contributed by atoms with Crippen LogP contribution < -0.4 is 4.74 Å². The smallest absolute Gasteiger partial charge is 0.147 e. The molecule has 0 aliphatic heterocycles. The van der Waals surface area contributed by atoms with E-state index in [1.54, 1.807) is 0 Å². The van der Waals surface area contributed by atoms with Crippen molar-refractivity contribution in [3.05, 3.63) is 126 Å². The van der Waals surface area contributed by atoms with Crippen molar-refractivity contribution in [2.24, 2.45) is 0 Å². The Hall–Kier alpha value is -5.49. The molecular formula is C39H33N5O. The average molecular weight is 588 g/mol. The van der Waals surface area contributed by atoms with Crippen LogP contribution in [0.1, 0.15) is 37.5 Å². The van der Waals surface area contributed by atoms with Crippen LogP contribution in [0.15, 0.2) is 109 Å². The quantitative estimate of drug-likeness (QED) is 0.192. The molecule has 0 saturated carbocycles. The Bertz CT molecular complexity index is 2400. The Morgan fingerprint density at radius 3 is 2.31 bits per heavy atom. The first kappa shape index (κ1) is 27.1. The van der Waals surface area contributed by atoms with Crippen molar-refractivity contribution in [3.63, 3.8) is 0 Å². The maximum absolute atomic E-state index is 6.46. The third-order valence-corrected chi connectivity index (χ3v) is 8.64. The zero-order valence-corrected chi connectivity index (χ0v) is 26.0. The third kappa shape index (κ3) is 4.52. The van der Waals surface area contributed by atoms with Gasteiger partial charge in [0.05, 0.1) is 22.4 Å². The number of nitrogens with zero attached hydrogens (tertiary/aromatic N) is 5. The summed E-state index contributed by atoms with van der Waals surface area (Å²) in [6.07, 6.45) is 3.85. The molecule has 0 radical (unpaired) electrons. The van der Waals surface area contributed by atoms with E-state index in [9.17, 15) is 0 Å². The normalized spacial score (nSPS) is 12.1. The molecule has 220 valence electrons. The van der Waals surface area contributed by atoms with E-state index in [0.29, 0.717) is 0 Å². The minimum atomic E-state index is 0.0997. The van der Waals surface area contributed by atoms with Gasteiger partial charge in [-0.1, -0.05) is 51.1 Å². The van der Waals surface area contributed by atoms with Crippen LogP contribution in [0.3, 0.4) is 0 Å². The lowest BCUT2D eigenvalue weighted by Crippen LogP contribution is -2.12. The molecule has 6 heteroatoms. The van der Waals surface area contributed by atoms with Crippen LogP contribution in [0.5, 0.6) is 11.5 Å². The Morgan fingerprint density at radius 2 is 1.49 bits per heavy atom. The van der Waals surface area contributed by atoms with Crippen molar-refractivity contribution < 1.29 is 4.74 Å². The van der Waals surface area contributed by atoms with Crippen LogP contribution in [0, 0.1) is 13.8 Å². The summed E-state index contributed by atoms with van der Waals surface area (Å²) in [7, 11) is 0. The highest BCUT2D eigenvalue weighted by atomic mass is 16.5. The van der Waals surface area contributed by atoms with Crippen molar-refractivity contribution >= 4 is 38.5 Å². The van der Waals surface area contributed by atoms with E-state index in [1.807, 2.05) is 71.7 Å². The van der Waals surface area contributed by atoms with Gasteiger partial charge in [-0.25, -0.2) is 14.6 Å². The number of aromatic nitrogens is 5. The van der Waals surface area contributed by atoms with Crippen LogP contribution in [0.25, 0.3) is 55.4 Å². The number of fused-ring (bicyclic) bond motifs is 8. The zero-order valence-electron chi connectivity index (χ0n) is 26.0. The van der Waals surface area contributed by atoms with E-state index in [-0.39, 0.29) is 5.41 Å². The van der Waals surface area contributed by atoms with E-state index < -0.39 is 0 Å². The van der Waals surface area contributed by atoms with Crippen LogP contribution >= 0.6 is 0 Å². The Balaban J connectivity index is 1.16. The molecule has 0 atom stereocenters. The van der Waals surface area contributed by atoms with Crippen LogP contribution in [-0.2, 0) is 5.41 Å². The summed E-state index contributed by atoms with van der Waals surface area (Å²) in [5.41, 5.74) is 10.7. The van der Waals surface area contributed by atoms with Gasteiger partial charge in [0.1, 0.15) is 22.8 Å². The minimum Gasteiger partial charge on any atom is -0.457 e. The molecule has 4 aromatic carbocycles. The molecule has 4 heterocycles. The predicted octanol–water partition coefficient (Wildman–Crippen LogP) is 9.75. The summed E-state index contributed by atoms with van der Waals surface area (Å²) in [5, 5.41) is 8.16. The molecule has 8 rings (SSSR count). The number of pyridine rings is 2. The second kappa shape index (κ2) is 10.0. The largest absolute Gasteiger partial charge is 0.457 e. The van der Waals surface area contributed by atoms with Crippen LogP contribution in [0.4, 0.5) is 0 Å². The van der Waals surface area contributed by atoms with Gasteiger partial charge in [-0.2, -0.15) is 5.10 Å². The molecule has 8 aromatic rings. The van der Waals surface area contributed by atoms with Gasteiger partial charge < -0.3 is 4.74 Å². The fraction of sp³-hybridized carbons (Fsp3) is 0.154. The second-order valence-corrected chi connectivity index (χ2v) is 12.8. The van der Waals surface area contributed by atoms with Gasteiger partial charge in [-0.15, -0.1) is 0 Å². The number of benzene rings is 4. The highest BCUT2D eigenvalue weighted by Gasteiger charge is 2.19. The molecule has 0 aliphatic rings. The number of ether oxygens (including phenoxy) is 1. The highest BCUT2D eigenvalue weighted by molar-refractivity contribution is 6.13. The molecule has 0 aliphatic carbocycles. The van der Waals surface area contributed by atoms with Gasteiger partial charge in [-0.05, 0) is 102 Å².